The second-order valence-corrected chi connectivity index (χ2v) is 5.12. The van der Waals surface area contributed by atoms with E-state index in [4.69, 9.17) is 0 Å². The van der Waals surface area contributed by atoms with Crippen LogP contribution in [0.1, 0.15) is 49.8 Å². The third-order valence-electron chi connectivity index (χ3n) is 3.20. The monoisotopic (exact) mass is 221 g/mol. The van der Waals surface area contributed by atoms with Gasteiger partial charge in [0.1, 0.15) is 0 Å². The molecule has 0 spiro atoms. The molecular weight excluding hydrogens is 202 g/mol. The molecular formula is C13H19NS. The number of nitrogens with zero attached hydrogens (tertiary/aromatic N) is 1. The Bertz CT molecular complexity index is 335. The van der Waals surface area contributed by atoms with Gasteiger partial charge in [-0.25, -0.2) is 4.31 Å². The van der Waals surface area contributed by atoms with Gasteiger partial charge in [-0.05, 0) is 29.9 Å². The summed E-state index contributed by atoms with van der Waals surface area (Å²) in [5, 5.41) is 0. The molecule has 0 bridgehead atoms. The molecule has 0 aliphatic carbocycles. The molecule has 1 saturated heterocycles. The lowest BCUT2D eigenvalue weighted by Gasteiger charge is -2.23. The predicted octanol–water partition coefficient (Wildman–Crippen LogP) is 3.79. The third kappa shape index (κ3) is 2.21. The molecule has 1 fully saturated rings. The van der Waals surface area contributed by atoms with Gasteiger partial charge in [0.2, 0.25) is 0 Å². The molecule has 0 amide bonds. The van der Waals surface area contributed by atoms with Gasteiger partial charge in [-0.3, -0.25) is 0 Å². The quantitative estimate of drug-likeness (QED) is 0.744. The van der Waals surface area contributed by atoms with Gasteiger partial charge in [-0.2, -0.15) is 0 Å². The van der Waals surface area contributed by atoms with Crippen LogP contribution in [0.4, 0.5) is 0 Å². The van der Waals surface area contributed by atoms with Crippen LogP contribution in [0.2, 0.25) is 0 Å². The van der Waals surface area contributed by atoms with Crippen molar-refractivity contribution < 1.29 is 0 Å². The minimum Gasteiger partial charge on any atom is -0.246 e. The number of hydrogen-bond acceptors (Lipinski definition) is 2. The van der Waals surface area contributed by atoms with Crippen LogP contribution >= 0.6 is 12.8 Å². The highest BCUT2D eigenvalue weighted by Crippen LogP contribution is 2.36. The maximum Gasteiger partial charge on any atom is 0.0453 e. The van der Waals surface area contributed by atoms with E-state index in [0.717, 1.165) is 6.54 Å². The first-order chi connectivity index (χ1) is 7.20. The average molecular weight is 221 g/mol. The zero-order chi connectivity index (χ0) is 10.8. The van der Waals surface area contributed by atoms with Crippen molar-refractivity contribution in [1.82, 2.24) is 4.31 Å². The average Bonchev–Trinajstić information content (AvgIpc) is 2.64. The molecule has 1 aromatic rings. The van der Waals surface area contributed by atoms with Crippen molar-refractivity contribution in [1.29, 1.82) is 0 Å². The van der Waals surface area contributed by atoms with E-state index in [-0.39, 0.29) is 0 Å². The van der Waals surface area contributed by atoms with E-state index in [1.54, 1.807) is 0 Å². The van der Waals surface area contributed by atoms with E-state index in [1.165, 1.54) is 24.0 Å². The second kappa shape index (κ2) is 4.58. The first kappa shape index (κ1) is 11.0. The Hall–Kier alpha value is -0.470. The largest absolute Gasteiger partial charge is 0.246 e. The van der Waals surface area contributed by atoms with Crippen LogP contribution in [0.3, 0.4) is 0 Å². The molecule has 1 heterocycles. The Morgan fingerprint density at radius 3 is 2.67 bits per heavy atom. The predicted molar refractivity (Wildman–Crippen MR) is 68.2 cm³/mol. The van der Waals surface area contributed by atoms with E-state index < -0.39 is 0 Å². The van der Waals surface area contributed by atoms with Crippen molar-refractivity contribution >= 4 is 12.8 Å². The maximum atomic E-state index is 4.55. The third-order valence-corrected chi connectivity index (χ3v) is 3.68. The lowest BCUT2D eigenvalue weighted by atomic mass is 9.92. The fraction of sp³-hybridized carbons (Fsp3) is 0.538. The van der Waals surface area contributed by atoms with Crippen LogP contribution in [-0.2, 0) is 0 Å². The molecule has 2 heteroatoms. The summed E-state index contributed by atoms with van der Waals surface area (Å²) in [6.07, 6.45) is 2.51. The Balaban J connectivity index is 2.34. The van der Waals surface area contributed by atoms with Gasteiger partial charge < -0.3 is 0 Å². The van der Waals surface area contributed by atoms with E-state index in [2.05, 4.69) is 55.2 Å². The summed E-state index contributed by atoms with van der Waals surface area (Å²) in [6.45, 7) is 5.63. The van der Waals surface area contributed by atoms with Gasteiger partial charge in [-0.1, -0.05) is 50.9 Å². The molecule has 0 radical (unpaired) electrons. The summed E-state index contributed by atoms with van der Waals surface area (Å²) >= 11 is 4.55. The van der Waals surface area contributed by atoms with Crippen molar-refractivity contribution in [3.8, 4) is 0 Å². The molecule has 1 aliphatic heterocycles. The molecule has 15 heavy (non-hydrogen) atoms. The van der Waals surface area contributed by atoms with Gasteiger partial charge in [-0.15, -0.1) is 0 Å². The Morgan fingerprint density at radius 2 is 2.07 bits per heavy atom. The molecule has 82 valence electrons. The minimum atomic E-state index is 0.520. The Kier molecular flexibility index (Phi) is 3.37. The summed E-state index contributed by atoms with van der Waals surface area (Å²) in [5.41, 5.74) is 2.95. The summed E-state index contributed by atoms with van der Waals surface area (Å²) in [4.78, 5) is 0. The summed E-state index contributed by atoms with van der Waals surface area (Å²) in [7, 11) is 0. The van der Waals surface area contributed by atoms with Crippen LogP contribution < -0.4 is 0 Å². The Morgan fingerprint density at radius 1 is 1.33 bits per heavy atom. The smallest absolute Gasteiger partial charge is 0.0453 e. The van der Waals surface area contributed by atoms with Crippen LogP contribution in [0.5, 0.6) is 0 Å². The van der Waals surface area contributed by atoms with Gasteiger partial charge in [0.15, 0.2) is 0 Å². The van der Waals surface area contributed by atoms with Gasteiger partial charge in [0, 0.05) is 12.6 Å². The van der Waals surface area contributed by atoms with Crippen molar-refractivity contribution in [3.63, 3.8) is 0 Å². The van der Waals surface area contributed by atoms with Gasteiger partial charge >= 0.3 is 0 Å². The molecule has 1 nitrogen and oxygen atoms in total. The SMILES string of the molecule is CC(C)c1ccccc1C1CCCN1S. The Labute approximate surface area is 98.0 Å². The lowest BCUT2D eigenvalue weighted by molar-refractivity contribution is 0.453. The zero-order valence-corrected chi connectivity index (χ0v) is 10.4. The maximum absolute atomic E-state index is 4.55. The van der Waals surface area contributed by atoms with Crippen LogP contribution in [-0.4, -0.2) is 10.8 Å². The molecule has 0 aromatic heterocycles. The molecule has 1 aliphatic rings. The summed E-state index contributed by atoms with van der Waals surface area (Å²) in [6, 6.07) is 9.30. The highest BCUT2D eigenvalue weighted by atomic mass is 32.1. The first-order valence-corrected chi connectivity index (χ1v) is 6.14. The van der Waals surface area contributed by atoms with E-state index >= 15 is 0 Å². The molecule has 1 aromatic carbocycles. The number of benzene rings is 1. The summed E-state index contributed by atoms with van der Waals surface area (Å²) < 4.78 is 2.18. The second-order valence-electron chi connectivity index (χ2n) is 4.60. The van der Waals surface area contributed by atoms with Crippen molar-refractivity contribution in [2.75, 3.05) is 6.54 Å². The van der Waals surface area contributed by atoms with Gasteiger partial charge in [0.25, 0.3) is 0 Å². The fourth-order valence-electron chi connectivity index (χ4n) is 2.41. The first-order valence-electron chi connectivity index (χ1n) is 5.74. The topological polar surface area (TPSA) is 3.24 Å². The van der Waals surface area contributed by atoms with Crippen molar-refractivity contribution in [2.24, 2.45) is 0 Å². The summed E-state index contributed by atoms with van der Waals surface area (Å²) in [5.74, 6) is 0.600. The van der Waals surface area contributed by atoms with Gasteiger partial charge in [0.05, 0.1) is 0 Å². The molecule has 2 rings (SSSR count). The molecule has 1 unspecified atom stereocenters. The molecule has 0 N–H and O–H groups in total. The van der Waals surface area contributed by atoms with Crippen LogP contribution in [0.15, 0.2) is 24.3 Å². The van der Waals surface area contributed by atoms with Crippen molar-refractivity contribution in [3.05, 3.63) is 35.4 Å². The van der Waals surface area contributed by atoms with Crippen LogP contribution in [0.25, 0.3) is 0 Å². The van der Waals surface area contributed by atoms with E-state index in [0.29, 0.717) is 12.0 Å². The normalized spacial score (nSPS) is 22.5. The van der Waals surface area contributed by atoms with Crippen molar-refractivity contribution in [2.45, 2.75) is 38.6 Å². The number of rotatable bonds is 2. The number of thiol groups is 1. The lowest BCUT2D eigenvalue weighted by Crippen LogP contribution is -2.13. The highest BCUT2D eigenvalue weighted by Gasteiger charge is 2.25. The number of hydrogen-bond donors (Lipinski definition) is 1. The van der Waals surface area contributed by atoms with E-state index in [1.807, 2.05) is 0 Å². The zero-order valence-electron chi connectivity index (χ0n) is 9.48. The standard InChI is InChI=1S/C13H19NS/c1-10(2)11-6-3-4-7-12(11)13-8-5-9-14(13)15/h3-4,6-7,10,13,15H,5,8-9H2,1-2H3. The molecule has 1 atom stereocenters. The van der Waals surface area contributed by atoms with E-state index in [9.17, 15) is 0 Å². The van der Waals surface area contributed by atoms with Crippen LogP contribution in [0, 0.1) is 0 Å². The highest BCUT2D eigenvalue weighted by molar-refractivity contribution is 7.77. The fourth-order valence-corrected chi connectivity index (χ4v) is 2.79. The molecule has 0 saturated carbocycles. The minimum absolute atomic E-state index is 0.520.